The van der Waals surface area contributed by atoms with E-state index in [1.54, 1.807) is 42.0 Å². The molecule has 3 heterocycles. The van der Waals surface area contributed by atoms with Gasteiger partial charge in [0.25, 0.3) is 11.7 Å². The van der Waals surface area contributed by atoms with E-state index in [4.69, 9.17) is 0 Å². The van der Waals surface area contributed by atoms with Crippen molar-refractivity contribution in [2.75, 3.05) is 5.32 Å². The monoisotopic (exact) mass is 459 g/mol. The van der Waals surface area contributed by atoms with Gasteiger partial charge in [-0.2, -0.15) is 4.40 Å². The maximum absolute atomic E-state index is 14.4. The first-order valence-corrected chi connectivity index (χ1v) is 10.4. The first kappa shape index (κ1) is 21.4. The number of nitrogens with zero attached hydrogens (tertiary/aromatic N) is 2. The summed E-state index contributed by atoms with van der Waals surface area (Å²) >= 11 is 0. The fourth-order valence-corrected chi connectivity index (χ4v) is 3.85. The van der Waals surface area contributed by atoms with Gasteiger partial charge in [0.2, 0.25) is 0 Å². The normalized spacial score (nSPS) is 11.1. The molecular weight excluding hydrogens is 441 g/mol. The third kappa shape index (κ3) is 3.79. The lowest BCUT2D eigenvalue weighted by atomic mass is 10.0. The quantitative estimate of drug-likeness (QED) is 0.351. The van der Waals surface area contributed by atoms with Gasteiger partial charge < -0.3 is 5.32 Å². The zero-order chi connectivity index (χ0) is 23.8. The average molecular weight is 459 g/mol. The minimum Gasteiger partial charge on any atom is -0.322 e. The molecule has 0 aliphatic rings. The zero-order valence-electron chi connectivity index (χ0n) is 17.9. The number of H-pyrrole nitrogens is 1. The van der Waals surface area contributed by atoms with Gasteiger partial charge in [0.1, 0.15) is 17.6 Å². The Morgan fingerprint density at radius 2 is 1.76 bits per heavy atom. The maximum atomic E-state index is 14.4. The molecule has 8 heteroatoms. The standard InChI is InChI=1S/C26H17F3N4O/c1-15-21(26(34)32-18-9-7-17(27)8-10-18)12-16(13-30-15)19-5-3-11-33-23(19)14-31-25(33)20-4-2-6-22(28)24(20)29/h2-14H,1H3,(H,32,34)/p+1. The fraction of sp³-hybridized carbons (Fsp3) is 0.0385. The van der Waals surface area contributed by atoms with Crippen LogP contribution < -0.4 is 9.72 Å². The summed E-state index contributed by atoms with van der Waals surface area (Å²) < 4.78 is 43.1. The summed E-state index contributed by atoms with van der Waals surface area (Å²) in [5, 5.41) is 2.75. The van der Waals surface area contributed by atoms with Crippen LogP contribution >= 0.6 is 0 Å². The van der Waals surface area contributed by atoms with Gasteiger partial charge in [-0.25, -0.2) is 18.2 Å². The number of imidazole rings is 1. The Morgan fingerprint density at radius 3 is 2.56 bits per heavy atom. The topological polar surface area (TPSA) is 61.9 Å². The number of halogens is 3. The number of rotatable bonds is 4. The third-order valence-electron chi connectivity index (χ3n) is 5.57. The van der Waals surface area contributed by atoms with E-state index in [0.29, 0.717) is 33.8 Å². The van der Waals surface area contributed by atoms with Crippen molar-refractivity contribution in [3.05, 3.63) is 108 Å². The maximum Gasteiger partial charge on any atom is 0.294 e. The van der Waals surface area contributed by atoms with Crippen molar-refractivity contribution in [2.45, 2.75) is 6.92 Å². The second-order valence-corrected chi connectivity index (χ2v) is 7.73. The number of aryl methyl sites for hydroxylation is 1. The van der Waals surface area contributed by atoms with Gasteiger partial charge in [0, 0.05) is 23.0 Å². The molecular formula is C26H18F3N4O+. The number of aromatic nitrogens is 3. The molecule has 0 spiro atoms. The Hall–Kier alpha value is -4.46. The lowest BCUT2D eigenvalue weighted by Gasteiger charge is -2.10. The highest BCUT2D eigenvalue weighted by Gasteiger charge is 2.22. The first-order chi connectivity index (χ1) is 16.4. The van der Waals surface area contributed by atoms with Crippen molar-refractivity contribution in [3.63, 3.8) is 0 Å². The summed E-state index contributed by atoms with van der Waals surface area (Å²) in [5.41, 5.74) is 3.54. The van der Waals surface area contributed by atoms with Crippen molar-refractivity contribution < 1.29 is 22.4 Å². The number of carbonyl (C=O) groups is 1. The Kier molecular flexibility index (Phi) is 5.33. The van der Waals surface area contributed by atoms with E-state index in [0.717, 1.165) is 11.6 Å². The summed E-state index contributed by atoms with van der Waals surface area (Å²) in [6, 6.07) is 14.8. The van der Waals surface area contributed by atoms with Crippen molar-refractivity contribution >= 4 is 17.1 Å². The molecule has 0 atom stereocenters. The zero-order valence-corrected chi connectivity index (χ0v) is 17.9. The number of amides is 1. The van der Waals surface area contributed by atoms with Crippen molar-refractivity contribution in [3.8, 4) is 22.5 Å². The number of hydrogen-bond acceptors (Lipinski definition) is 2. The van der Waals surface area contributed by atoms with Crippen LogP contribution in [0.4, 0.5) is 18.9 Å². The molecule has 0 bridgehead atoms. The van der Waals surface area contributed by atoms with Crippen LogP contribution in [0.3, 0.4) is 0 Å². The molecule has 34 heavy (non-hydrogen) atoms. The molecule has 168 valence electrons. The predicted octanol–water partition coefficient (Wildman–Crippen LogP) is 5.46. The van der Waals surface area contributed by atoms with Crippen LogP contribution in [0.5, 0.6) is 0 Å². The van der Waals surface area contributed by atoms with Crippen LogP contribution in [-0.4, -0.2) is 15.9 Å². The van der Waals surface area contributed by atoms with Crippen molar-refractivity contribution in [1.29, 1.82) is 0 Å². The predicted molar refractivity (Wildman–Crippen MR) is 122 cm³/mol. The first-order valence-electron chi connectivity index (χ1n) is 10.4. The van der Waals surface area contributed by atoms with Crippen LogP contribution in [-0.2, 0) is 0 Å². The molecule has 0 saturated heterocycles. The lowest BCUT2D eigenvalue weighted by molar-refractivity contribution is -0.498. The molecule has 2 aromatic carbocycles. The SMILES string of the molecule is Cc1ncc(-c2ccc[n+]3c(-c4cccc(F)c4F)[nH]cc23)cc1C(=O)Nc1ccc(F)cc1. The minimum absolute atomic E-state index is 0.0959. The van der Waals surface area contributed by atoms with Gasteiger partial charge in [-0.3, -0.25) is 9.78 Å². The third-order valence-corrected chi connectivity index (χ3v) is 5.57. The molecule has 0 aliphatic carbocycles. The van der Waals surface area contributed by atoms with Crippen molar-refractivity contribution in [1.82, 2.24) is 9.97 Å². The summed E-state index contributed by atoms with van der Waals surface area (Å²) in [6.07, 6.45) is 5.07. The highest BCUT2D eigenvalue weighted by atomic mass is 19.2. The van der Waals surface area contributed by atoms with Crippen LogP contribution in [0.1, 0.15) is 16.1 Å². The molecule has 5 rings (SSSR count). The summed E-state index contributed by atoms with van der Waals surface area (Å²) in [4.78, 5) is 20.3. The van der Waals surface area contributed by atoms with Gasteiger partial charge in [0.05, 0.1) is 17.5 Å². The molecule has 5 aromatic rings. The summed E-state index contributed by atoms with van der Waals surface area (Å²) in [5.74, 6) is -2.28. The van der Waals surface area contributed by atoms with Crippen LogP contribution in [0.25, 0.3) is 28.0 Å². The van der Waals surface area contributed by atoms with E-state index in [9.17, 15) is 18.0 Å². The smallest absolute Gasteiger partial charge is 0.294 e. The number of hydrogen-bond donors (Lipinski definition) is 2. The van der Waals surface area contributed by atoms with E-state index in [2.05, 4.69) is 15.3 Å². The molecule has 2 N–H and O–H groups in total. The van der Waals surface area contributed by atoms with E-state index in [1.807, 2.05) is 6.07 Å². The number of aromatic amines is 1. The van der Waals surface area contributed by atoms with Crippen LogP contribution in [0.15, 0.2) is 79.3 Å². The van der Waals surface area contributed by atoms with Gasteiger partial charge in [0.15, 0.2) is 17.2 Å². The number of anilines is 1. The fourth-order valence-electron chi connectivity index (χ4n) is 3.85. The second kappa shape index (κ2) is 8.47. The number of benzene rings is 2. The molecule has 1 amide bonds. The molecule has 5 nitrogen and oxygen atoms in total. The highest BCUT2D eigenvalue weighted by Crippen LogP contribution is 2.27. The summed E-state index contributed by atoms with van der Waals surface area (Å²) in [7, 11) is 0. The van der Waals surface area contributed by atoms with Gasteiger partial charge in [-0.15, -0.1) is 0 Å². The Labute approximate surface area is 192 Å². The second-order valence-electron chi connectivity index (χ2n) is 7.73. The van der Waals surface area contributed by atoms with Crippen LogP contribution in [0, 0.1) is 24.4 Å². The van der Waals surface area contributed by atoms with E-state index < -0.39 is 17.5 Å². The largest absolute Gasteiger partial charge is 0.322 e. The molecule has 0 aliphatic heterocycles. The number of fused-ring (bicyclic) bond motifs is 1. The number of pyridine rings is 2. The average Bonchev–Trinajstić information content (AvgIpc) is 3.27. The molecule has 0 radical (unpaired) electrons. The van der Waals surface area contributed by atoms with Gasteiger partial charge in [-0.1, -0.05) is 6.07 Å². The van der Waals surface area contributed by atoms with E-state index in [-0.39, 0.29) is 11.5 Å². The molecule has 3 aromatic heterocycles. The van der Waals surface area contributed by atoms with Gasteiger partial charge in [-0.05, 0) is 61.5 Å². The highest BCUT2D eigenvalue weighted by molar-refractivity contribution is 6.05. The summed E-state index contributed by atoms with van der Waals surface area (Å²) in [6.45, 7) is 1.72. The van der Waals surface area contributed by atoms with Gasteiger partial charge >= 0.3 is 0 Å². The lowest BCUT2D eigenvalue weighted by Crippen LogP contribution is -2.22. The number of carbonyl (C=O) groups excluding carboxylic acids is 1. The number of nitrogens with one attached hydrogen (secondary N) is 2. The Morgan fingerprint density at radius 1 is 1.00 bits per heavy atom. The molecule has 0 unspecified atom stereocenters. The van der Waals surface area contributed by atoms with Crippen LogP contribution in [0.2, 0.25) is 0 Å². The minimum atomic E-state index is -0.944. The molecule has 0 saturated carbocycles. The molecule has 0 fully saturated rings. The Bertz CT molecular complexity index is 1540. The van der Waals surface area contributed by atoms with E-state index in [1.165, 1.54) is 36.4 Å². The van der Waals surface area contributed by atoms with Crippen molar-refractivity contribution in [2.24, 2.45) is 0 Å². The Balaban J connectivity index is 1.55. The van der Waals surface area contributed by atoms with E-state index >= 15 is 0 Å².